The number of hydrogen-bond donors (Lipinski definition) is 1. The van der Waals surface area contributed by atoms with Crippen molar-refractivity contribution in [2.24, 2.45) is 11.3 Å². The normalized spacial score (nSPS) is 30.9. The largest absolute Gasteiger partial charge is 0.508 e. The first-order chi connectivity index (χ1) is 10.2. The van der Waals surface area contributed by atoms with Crippen molar-refractivity contribution in [3.8, 4) is 5.75 Å². The molecule has 4 rings (SSSR count). The second kappa shape index (κ2) is 4.46. The maximum atomic E-state index is 12.5. The van der Waals surface area contributed by atoms with E-state index in [2.05, 4.69) is 13.0 Å². The number of ketones is 1. The zero-order valence-electron chi connectivity index (χ0n) is 12.6. The van der Waals surface area contributed by atoms with Gasteiger partial charge in [-0.2, -0.15) is 0 Å². The number of carbonyl (C=O) groups is 1. The van der Waals surface area contributed by atoms with Gasteiger partial charge >= 0.3 is 0 Å². The Balaban J connectivity index is 1.84. The van der Waals surface area contributed by atoms with E-state index in [1.807, 2.05) is 6.07 Å². The first-order valence-electron chi connectivity index (χ1n) is 8.23. The number of phenols is 1. The summed E-state index contributed by atoms with van der Waals surface area (Å²) in [5.74, 6) is 1.37. The molecule has 2 atom stereocenters. The average molecular weight is 282 g/mol. The Bertz CT molecular complexity index is 656. The number of hydrogen-bond acceptors (Lipinski definition) is 2. The Kier molecular flexibility index (Phi) is 2.79. The minimum absolute atomic E-state index is 0.0484. The van der Waals surface area contributed by atoms with Gasteiger partial charge in [0.05, 0.1) is 0 Å². The summed E-state index contributed by atoms with van der Waals surface area (Å²) < 4.78 is 0. The highest BCUT2D eigenvalue weighted by molar-refractivity contribution is 5.90. The van der Waals surface area contributed by atoms with Gasteiger partial charge in [0.2, 0.25) is 0 Å². The zero-order valence-corrected chi connectivity index (χ0v) is 12.6. The molecule has 1 N–H and O–H groups in total. The van der Waals surface area contributed by atoms with Crippen molar-refractivity contribution in [1.29, 1.82) is 0 Å². The van der Waals surface area contributed by atoms with Crippen molar-refractivity contribution in [1.82, 2.24) is 0 Å². The minimum Gasteiger partial charge on any atom is -0.508 e. The van der Waals surface area contributed by atoms with Gasteiger partial charge in [0.15, 0.2) is 0 Å². The maximum Gasteiger partial charge on any atom is 0.139 e. The molecule has 1 saturated carbocycles. The smallest absolute Gasteiger partial charge is 0.139 e. The second-order valence-corrected chi connectivity index (χ2v) is 6.87. The topological polar surface area (TPSA) is 37.3 Å². The summed E-state index contributed by atoms with van der Waals surface area (Å²) in [7, 11) is 0. The van der Waals surface area contributed by atoms with Gasteiger partial charge in [-0.05, 0) is 73.3 Å². The molecule has 0 spiro atoms. The summed E-state index contributed by atoms with van der Waals surface area (Å²) in [6.07, 6.45) is 6.96. The molecule has 110 valence electrons. The molecule has 1 aromatic rings. The fraction of sp³-hybridized carbons (Fsp3) is 0.526. The van der Waals surface area contributed by atoms with Crippen LogP contribution < -0.4 is 0 Å². The molecule has 2 heteroatoms. The number of rotatable bonds is 1. The minimum atomic E-state index is -0.0484. The quantitative estimate of drug-likeness (QED) is 0.835. The third-order valence-electron chi connectivity index (χ3n) is 6.22. The number of fused-ring (bicyclic) bond motifs is 4. The summed E-state index contributed by atoms with van der Waals surface area (Å²) in [5, 5.41) is 9.69. The SMILES string of the molecule is CC[C@]12CCC3=C(CCc4cc(O)ccc43)[C@@H]1CCC2=O. The molecule has 0 radical (unpaired) electrons. The predicted molar refractivity (Wildman–Crippen MR) is 83.0 cm³/mol. The summed E-state index contributed by atoms with van der Waals surface area (Å²) in [5.41, 5.74) is 5.61. The van der Waals surface area contributed by atoms with Crippen molar-refractivity contribution in [3.63, 3.8) is 0 Å². The van der Waals surface area contributed by atoms with Crippen molar-refractivity contribution < 1.29 is 9.90 Å². The Morgan fingerprint density at radius 1 is 1.24 bits per heavy atom. The molecule has 0 bridgehead atoms. The highest BCUT2D eigenvalue weighted by atomic mass is 16.3. The Hall–Kier alpha value is -1.57. The van der Waals surface area contributed by atoms with Gasteiger partial charge < -0.3 is 5.11 Å². The van der Waals surface area contributed by atoms with Gasteiger partial charge in [0.25, 0.3) is 0 Å². The van der Waals surface area contributed by atoms with E-state index in [1.54, 1.807) is 11.6 Å². The van der Waals surface area contributed by atoms with Crippen LogP contribution in [0.1, 0.15) is 56.6 Å². The lowest BCUT2D eigenvalue weighted by Crippen LogP contribution is -2.36. The van der Waals surface area contributed by atoms with Crippen LogP contribution in [0.5, 0.6) is 5.75 Å². The molecule has 3 aliphatic carbocycles. The molecule has 0 heterocycles. The molecule has 0 saturated heterocycles. The predicted octanol–water partition coefficient (Wildman–Crippen LogP) is 4.26. The zero-order chi connectivity index (χ0) is 14.6. The van der Waals surface area contributed by atoms with E-state index < -0.39 is 0 Å². The van der Waals surface area contributed by atoms with Crippen LogP contribution in [0.3, 0.4) is 0 Å². The number of aryl methyl sites for hydroxylation is 1. The lowest BCUT2D eigenvalue weighted by molar-refractivity contribution is -0.127. The van der Waals surface area contributed by atoms with Crippen LogP contribution >= 0.6 is 0 Å². The fourth-order valence-electron chi connectivity index (χ4n) is 5.14. The fourth-order valence-corrected chi connectivity index (χ4v) is 5.14. The van der Waals surface area contributed by atoms with Crippen molar-refractivity contribution >= 4 is 11.4 Å². The molecule has 0 aromatic heterocycles. The van der Waals surface area contributed by atoms with Gasteiger partial charge in [0, 0.05) is 11.8 Å². The van der Waals surface area contributed by atoms with Gasteiger partial charge in [-0.15, -0.1) is 0 Å². The van der Waals surface area contributed by atoms with E-state index in [-0.39, 0.29) is 5.41 Å². The van der Waals surface area contributed by atoms with Gasteiger partial charge in [-0.1, -0.05) is 18.6 Å². The molecular weight excluding hydrogens is 260 g/mol. The van der Waals surface area contributed by atoms with E-state index in [9.17, 15) is 9.90 Å². The molecular formula is C19H22O2. The molecule has 0 amide bonds. The third-order valence-corrected chi connectivity index (χ3v) is 6.22. The van der Waals surface area contributed by atoms with Crippen LogP contribution in [0.2, 0.25) is 0 Å². The standard InChI is InChI=1S/C19H22O2/c1-2-19-10-9-15-14-6-4-13(20)11-12(14)3-5-16(15)17(19)7-8-18(19)21/h4,6,11,17,20H,2-3,5,7-10H2,1H3/t17-,19-/m0/s1. The summed E-state index contributed by atoms with van der Waals surface area (Å²) >= 11 is 0. The molecule has 1 fully saturated rings. The number of allylic oxidation sites excluding steroid dienone is 2. The van der Waals surface area contributed by atoms with Crippen LogP contribution in [0.25, 0.3) is 5.57 Å². The highest BCUT2D eigenvalue weighted by Crippen LogP contribution is 2.58. The van der Waals surface area contributed by atoms with E-state index >= 15 is 0 Å². The molecule has 0 aliphatic heterocycles. The maximum absolute atomic E-state index is 12.5. The van der Waals surface area contributed by atoms with Gasteiger partial charge in [0.1, 0.15) is 11.5 Å². The molecule has 0 unspecified atom stereocenters. The van der Waals surface area contributed by atoms with Crippen LogP contribution in [-0.4, -0.2) is 10.9 Å². The summed E-state index contributed by atoms with van der Waals surface area (Å²) in [4.78, 5) is 12.5. The van der Waals surface area contributed by atoms with Crippen molar-refractivity contribution in [3.05, 3.63) is 34.9 Å². The van der Waals surface area contributed by atoms with Crippen LogP contribution in [0, 0.1) is 11.3 Å². The number of Topliss-reactive ketones (excluding diaryl/α,β-unsaturated/α-hetero) is 1. The monoisotopic (exact) mass is 282 g/mol. The Morgan fingerprint density at radius 2 is 2.10 bits per heavy atom. The lowest BCUT2D eigenvalue weighted by Gasteiger charge is -2.42. The van der Waals surface area contributed by atoms with Crippen molar-refractivity contribution in [2.45, 2.75) is 51.9 Å². The van der Waals surface area contributed by atoms with Gasteiger partial charge in [-0.25, -0.2) is 0 Å². The van der Waals surface area contributed by atoms with E-state index in [4.69, 9.17) is 0 Å². The summed E-state index contributed by atoms with van der Waals surface area (Å²) in [6, 6.07) is 5.80. The first-order valence-corrected chi connectivity index (χ1v) is 8.23. The average Bonchev–Trinajstić information content (AvgIpc) is 2.84. The molecule has 2 nitrogen and oxygen atoms in total. The number of benzene rings is 1. The second-order valence-electron chi connectivity index (χ2n) is 6.87. The van der Waals surface area contributed by atoms with Gasteiger partial charge in [-0.3, -0.25) is 4.79 Å². The van der Waals surface area contributed by atoms with E-state index in [0.29, 0.717) is 17.5 Å². The van der Waals surface area contributed by atoms with Crippen LogP contribution in [-0.2, 0) is 11.2 Å². The number of carbonyl (C=O) groups excluding carboxylic acids is 1. The van der Waals surface area contributed by atoms with Crippen LogP contribution in [0.4, 0.5) is 0 Å². The third kappa shape index (κ3) is 1.68. The first kappa shape index (κ1) is 13.1. The highest BCUT2D eigenvalue weighted by Gasteiger charge is 2.52. The van der Waals surface area contributed by atoms with Crippen molar-refractivity contribution in [2.75, 3.05) is 0 Å². The lowest BCUT2D eigenvalue weighted by atomic mass is 9.61. The number of phenolic OH excluding ortho intramolecular Hbond substituents is 1. The van der Waals surface area contributed by atoms with E-state index in [1.165, 1.54) is 16.7 Å². The molecule has 21 heavy (non-hydrogen) atoms. The van der Waals surface area contributed by atoms with Crippen LogP contribution in [0.15, 0.2) is 23.8 Å². The Morgan fingerprint density at radius 3 is 2.90 bits per heavy atom. The van der Waals surface area contributed by atoms with E-state index in [0.717, 1.165) is 44.9 Å². The molecule has 1 aromatic carbocycles. The number of aromatic hydroxyl groups is 1. The Labute approximate surface area is 125 Å². The summed E-state index contributed by atoms with van der Waals surface area (Å²) in [6.45, 7) is 2.19. The molecule has 3 aliphatic rings.